The van der Waals surface area contributed by atoms with Gasteiger partial charge in [-0.15, -0.1) is 11.3 Å². The number of nitrogens with one attached hydrogen (secondary N) is 1. The van der Waals surface area contributed by atoms with E-state index in [0.29, 0.717) is 35.4 Å². The average Bonchev–Trinajstić information content (AvgIpc) is 3.02. The van der Waals surface area contributed by atoms with Crippen LogP contribution < -0.4 is 14.8 Å². The van der Waals surface area contributed by atoms with Crippen molar-refractivity contribution in [2.24, 2.45) is 0 Å². The van der Waals surface area contributed by atoms with Crippen LogP contribution in [0.25, 0.3) is 10.1 Å². The van der Waals surface area contributed by atoms with Gasteiger partial charge in [-0.3, -0.25) is 4.79 Å². The smallest absolute Gasteiger partial charge is 0.267 e. The van der Waals surface area contributed by atoms with Crippen LogP contribution >= 0.6 is 22.9 Å². The van der Waals surface area contributed by atoms with Crippen LogP contribution in [0.1, 0.15) is 16.6 Å². The lowest BCUT2D eigenvalue weighted by Gasteiger charge is -2.08. The van der Waals surface area contributed by atoms with Crippen molar-refractivity contribution in [3.63, 3.8) is 0 Å². The number of thiophene rings is 1. The molecule has 1 amide bonds. The molecule has 27 heavy (non-hydrogen) atoms. The Balaban J connectivity index is 1.68. The number of carbonyl (C=O) groups excluding carboxylic acids is 1. The number of rotatable bonds is 8. The minimum atomic E-state index is -0.245. The fourth-order valence-electron chi connectivity index (χ4n) is 2.50. The molecule has 0 saturated heterocycles. The first-order chi connectivity index (χ1) is 13.1. The van der Waals surface area contributed by atoms with Crippen molar-refractivity contribution < 1.29 is 19.0 Å². The molecule has 142 valence electrons. The molecule has 0 saturated carbocycles. The monoisotopic (exact) mass is 405 g/mol. The Morgan fingerprint density at radius 3 is 2.56 bits per heavy atom. The van der Waals surface area contributed by atoms with E-state index in [1.165, 1.54) is 11.3 Å². The van der Waals surface area contributed by atoms with Gasteiger partial charge in [-0.1, -0.05) is 11.6 Å². The number of amides is 1. The Morgan fingerprint density at radius 2 is 1.85 bits per heavy atom. The molecule has 0 aliphatic carbocycles. The van der Waals surface area contributed by atoms with Gasteiger partial charge in [0.15, 0.2) is 0 Å². The van der Waals surface area contributed by atoms with Crippen molar-refractivity contribution in [3.05, 3.63) is 52.4 Å². The zero-order valence-electron chi connectivity index (χ0n) is 15.1. The fraction of sp³-hybridized carbons (Fsp3) is 0.250. The molecule has 5 nitrogen and oxygen atoms in total. The van der Waals surface area contributed by atoms with Gasteiger partial charge in [0.05, 0.1) is 18.7 Å². The second kappa shape index (κ2) is 9.08. The Hall–Kier alpha value is -2.28. The van der Waals surface area contributed by atoms with Crippen molar-refractivity contribution in [3.8, 4) is 11.5 Å². The first-order valence-corrected chi connectivity index (χ1v) is 9.69. The van der Waals surface area contributed by atoms with E-state index in [4.69, 9.17) is 25.8 Å². The Morgan fingerprint density at radius 1 is 1.11 bits per heavy atom. The summed E-state index contributed by atoms with van der Waals surface area (Å²) >= 11 is 7.74. The number of ether oxygens (including phenoxy) is 3. The number of methoxy groups -OCH3 is 1. The maximum absolute atomic E-state index is 12.6. The summed E-state index contributed by atoms with van der Waals surface area (Å²) < 4.78 is 16.9. The van der Waals surface area contributed by atoms with Crippen molar-refractivity contribution in [1.82, 2.24) is 0 Å². The van der Waals surface area contributed by atoms with E-state index < -0.39 is 0 Å². The van der Waals surface area contributed by atoms with Gasteiger partial charge in [-0.25, -0.2) is 0 Å². The van der Waals surface area contributed by atoms with E-state index in [9.17, 15) is 4.79 Å². The molecule has 0 aliphatic heterocycles. The summed E-state index contributed by atoms with van der Waals surface area (Å²) in [4.78, 5) is 13.1. The first kappa shape index (κ1) is 19.5. The van der Waals surface area contributed by atoms with Crippen LogP contribution in [0.5, 0.6) is 11.5 Å². The molecular weight excluding hydrogens is 386 g/mol. The van der Waals surface area contributed by atoms with Crippen molar-refractivity contribution in [2.45, 2.75) is 6.92 Å². The van der Waals surface area contributed by atoms with Crippen molar-refractivity contribution in [2.75, 3.05) is 32.2 Å². The second-order valence-electron chi connectivity index (χ2n) is 5.63. The maximum Gasteiger partial charge on any atom is 0.267 e. The fourth-order valence-corrected chi connectivity index (χ4v) is 3.94. The Bertz CT molecular complexity index is 924. The topological polar surface area (TPSA) is 56.8 Å². The van der Waals surface area contributed by atoms with Crippen LogP contribution in [0.15, 0.2) is 42.5 Å². The quantitative estimate of drug-likeness (QED) is 0.521. The zero-order chi connectivity index (χ0) is 19.2. The molecule has 0 aliphatic rings. The van der Waals surface area contributed by atoms with E-state index in [2.05, 4.69) is 5.32 Å². The van der Waals surface area contributed by atoms with E-state index in [0.717, 1.165) is 21.6 Å². The maximum atomic E-state index is 12.6. The lowest BCUT2D eigenvalue weighted by atomic mass is 10.2. The Kier molecular flexibility index (Phi) is 6.55. The summed E-state index contributed by atoms with van der Waals surface area (Å²) in [6.45, 7) is 3.64. The highest BCUT2D eigenvalue weighted by Gasteiger charge is 2.17. The predicted molar refractivity (Wildman–Crippen MR) is 110 cm³/mol. The van der Waals surface area contributed by atoms with Gasteiger partial charge in [-0.2, -0.15) is 0 Å². The van der Waals surface area contributed by atoms with Gasteiger partial charge in [0.1, 0.15) is 23.0 Å². The molecule has 1 N–H and O–H groups in total. The molecule has 2 aromatic carbocycles. The van der Waals surface area contributed by atoms with Gasteiger partial charge in [0.2, 0.25) is 0 Å². The zero-order valence-corrected chi connectivity index (χ0v) is 16.7. The summed E-state index contributed by atoms with van der Waals surface area (Å²) in [6, 6.07) is 12.7. The number of carbonyl (C=O) groups is 1. The van der Waals surface area contributed by atoms with Gasteiger partial charge in [-0.05, 0) is 49.4 Å². The number of anilines is 1. The summed E-state index contributed by atoms with van der Waals surface area (Å²) in [5, 5.41) is 4.16. The molecule has 7 heteroatoms. The van der Waals surface area contributed by atoms with E-state index in [1.54, 1.807) is 31.4 Å². The van der Waals surface area contributed by atoms with Crippen molar-refractivity contribution in [1.29, 1.82) is 0 Å². The first-order valence-electron chi connectivity index (χ1n) is 8.50. The Labute approximate surface area is 166 Å². The second-order valence-corrected chi connectivity index (χ2v) is 7.06. The summed E-state index contributed by atoms with van der Waals surface area (Å²) in [7, 11) is 1.61. The van der Waals surface area contributed by atoms with Gasteiger partial charge in [0, 0.05) is 22.4 Å². The normalized spacial score (nSPS) is 10.8. The van der Waals surface area contributed by atoms with Crippen LogP contribution in [-0.4, -0.2) is 32.8 Å². The SMILES string of the molecule is CCOCCOc1ccc(NC(=O)c2sc3cc(OC)ccc3c2Cl)cc1. The third kappa shape index (κ3) is 4.71. The van der Waals surface area contributed by atoms with E-state index >= 15 is 0 Å². The third-order valence-electron chi connectivity index (χ3n) is 3.86. The summed E-state index contributed by atoms with van der Waals surface area (Å²) in [6.07, 6.45) is 0. The molecule has 1 aromatic heterocycles. The van der Waals surface area contributed by atoms with Crippen LogP contribution in [0.4, 0.5) is 5.69 Å². The largest absolute Gasteiger partial charge is 0.497 e. The molecule has 0 bridgehead atoms. The minimum absolute atomic E-state index is 0.245. The standard InChI is InChI=1S/C20H20ClNO4S/c1-3-25-10-11-26-14-6-4-13(5-7-14)22-20(23)19-18(21)16-9-8-15(24-2)12-17(16)27-19/h4-9,12H,3,10-11H2,1-2H3,(H,22,23). The molecule has 0 unspecified atom stereocenters. The third-order valence-corrected chi connectivity index (χ3v) is 5.51. The van der Waals surface area contributed by atoms with Crippen LogP contribution in [0.2, 0.25) is 5.02 Å². The average molecular weight is 406 g/mol. The summed E-state index contributed by atoms with van der Waals surface area (Å²) in [5.41, 5.74) is 0.670. The van der Waals surface area contributed by atoms with Crippen molar-refractivity contribution >= 4 is 44.6 Å². The lowest BCUT2D eigenvalue weighted by Crippen LogP contribution is -2.10. The number of hydrogen-bond acceptors (Lipinski definition) is 5. The number of hydrogen-bond donors (Lipinski definition) is 1. The number of halogens is 1. The number of fused-ring (bicyclic) bond motifs is 1. The lowest BCUT2D eigenvalue weighted by molar-refractivity contribution is 0.103. The van der Waals surface area contributed by atoms with Gasteiger partial charge < -0.3 is 19.5 Å². The number of benzene rings is 2. The molecule has 0 atom stereocenters. The molecular formula is C20H20ClNO4S. The predicted octanol–water partition coefficient (Wildman–Crippen LogP) is 5.23. The molecule has 0 spiro atoms. The summed E-state index contributed by atoms with van der Waals surface area (Å²) in [5.74, 6) is 1.21. The molecule has 3 aromatic rings. The van der Waals surface area contributed by atoms with E-state index in [1.807, 2.05) is 25.1 Å². The minimum Gasteiger partial charge on any atom is -0.497 e. The molecule has 1 heterocycles. The van der Waals surface area contributed by atoms with Gasteiger partial charge >= 0.3 is 0 Å². The van der Waals surface area contributed by atoms with Gasteiger partial charge in [0.25, 0.3) is 5.91 Å². The van der Waals surface area contributed by atoms with Crippen LogP contribution in [0, 0.1) is 0 Å². The van der Waals surface area contributed by atoms with Crippen LogP contribution in [0.3, 0.4) is 0 Å². The van der Waals surface area contributed by atoms with Crippen LogP contribution in [-0.2, 0) is 4.74 Å². The van der Waals surface area contributed by atoms with E-state index in [-0.39, 0.29) is 5.91 Å². The highest BCUT2D eigenvalue weighted by molar-refractivity contribution is 7.21. The highest BCUT2D eigenvalue weighted by atomic mass is 35.5. The molecule has 0 fully saturated rings. The molecule has 3 rings (SSSR count). The molecule has 0 radical (unpaired) electrons. The highest BCUT2D eigenvalue weighted by Crippen LogP contribution is 2.37.